The first-order valence-electron chi connectivity index (χ1n) is 5.38. The van der Waals surface area contributed by atoms with E-state index in [2.05, 4.69) is 4.98 Å². The summed E-state index contributed by atoms with van der Waals surface area (Å²) < 4.78 is 12.4. The number of fused-ring (bicyclic) bond motifs is 1. The monoisotopic (exact) mass is 281 g/mol. The summed E-state index contributed by atoms with van der Waals surface area (Å²) in [6.07, 6.45) is 0. The van der Waals surface area contributed by atoms with Crippen LogP contribution >= 0.6 is 7.52 Å². The molecule has 100 valence electrons. The number of rotatable bonds is 2. The van der Waals surface area contributed by atoms with Crippen LogP contribution in [0.15, 0.2) is 29.1 Å². The number of nitrogens with one attached hydrogen (secondary N) is 1. The number of hydrogen-bond acceptors (Lipinski definition) is 4. The van der Waals surface area contributed by atoms with Crippen LogP contribution < -0.4 is 10.6 Å². The summed E-state index contributed by atoms with van der Waals surface area (Å²) in [5.41, 5.74) is 0.00771. The molecule has 0 radical (unpaired) electrons. The predicted octanol–water partition coefficient (Wildman–Crippen LogP) is 0.478. The lowest BCUT2D eigenvalue weighted by Crippen LogP contribution is -2.32. The Hall–Kier alpha value is -1.98. The van der Waals surface area contributed by atoms with Crippen LogP contribution in [0.4, 0.5) is 0 Å². The Bertz CT molecular complexity index is 762. The van der Waals surface area contributed by atoms with Crippen molar-refractivity contribution in [1.82, 2.24) is 14.6 Å². The Balaban J connectivity index is 2.62. The van der Waals surface area contributed by atoms with Gasteiger partial charge in [0.05, 0.1) is 11.0 Å². The molecule has 0 aliphatic rings. The van der Waals surface area contributed by atoms with E-state index >= 15 is 0 Å². The highest BCUT2D eigenvalue weighted by Crippen LogP contribution is 2.28. The molecule has 1 amide bonds. The Morgan fingerprint density at radius 3 is 2.68 bits per heavy atom. The predicted molar refractivity (Wildman–Crippen MR) is 70.2 cm³/mol. The van der Waals surface area contributed by atoms with Crippen molar-refractivity contribution in [2.45, 2.75) is 0 Å². The molecule has 0 bridgehead atoms. The minimum Gasteiger partial charge on any atom is -0.329 e. The third-order valence-corrected chi connectivity index (χ3v) is 3.12. The molecule has 8 heteroatoms. The zero-order chi connectivity index (χ0) is 14.2. The van der Waals surface area contributed by atoms with E-state index in [-0.39, 0.29) is 0 Å². The van der Waals surface area contributed by atoms with E-state index in [1.807, 2.05) is 5.09 Å². The number of carbonyl (C=O) groups is 1. The highest BCUT2D eigenvalue weighted by molar-refractivity contribution is 7.55. The Morgan fingerprint density at radius 2 is 2.05 bits per heavy atom. The largest absolute Gasteiger partial charge is 0.329 e. The van der Waals surface area contributed by atoms with Gasteiger partial charge in [0.25, 0.3) is 19.0 Å². The summed E-state index contributed by atoms with van der Waals surface area (Å²) in [7, 11) is -2.26. The van der Waals surface area contributed by atoms with Crippen LogP contribution in [-0.2, 0) is 11.6 Å². The van der Waals surface area contributed by atoms with Crippen LogP contribution in [0.2, 0.25) is 0 Å². The molecule has 0 saturated heterocycles. The van der Waals surface area contributed by atoms with Gasteiger partial charge in [-0.2, -0.15) is 0 Å². The molecular formula is C11H12N3O4P. The Labute approximate surface area is 108 Å². The van der Waals surface area contributed by atoms with Gasteiger partial charge in [-0.05, 0) is 12.1 Å². The van der Waals surface area contributed by atoms with Crippen molar-refractivity contribution < 1.29 is 14.3 Å². The van der Waals surface area contributed by atoms with Crippen LogP contribution in [0.5, 0.6) is 0 Å². The lowest BCUT2D eigenvalue weighted by Gasteiger charge is -2.09. The maximum atomic E-state index is 12.0. The van der Waals surface area contributed by atoms with Crippen LogP contribution in [-0.4, -0.2) is 27.0 Å². The van der Waals surface area contributed by atoms with Crippen LogP contribution in [0.3, 0.4) is 0 Å². The molecule has 0 aliphatic heterocycles. The molecule has 2 rings (SSSR count). The number of amides is 1. The summed E-state index contributed by atoms with van der Waals surface area (Å²) in [6, 6.07) is 6.81. The second-order valence-corrected chi connectivity index (χ2v) is 6.12. The van der Waals surface area contributed by atoms with Gasteiger partial charge in [0.15, 0.2) is 5.69 Å². The van der Waals surface area contributed by atoms with E-state index < -0.39 is 24.7 Å². The number of hydrogen-bond donors (Lipinski definition) is 2. The van der Waals surface area contributed by atoms with Gasteiger partial charge in [-0.1, -0.05) is 12.1 Å². The zero-order valence-electron chi connectivity index (χ0n) is 10.3. The molecule has 0 fully saturated rings. The molecule has 1 atom stereocenters. The van der Waals surface area contributed by atoms with Gasteiger partial charge < -0.3 is 9.46 Å². The maximum Gasteiger partial charge on any atom is 0.290 e. The molecule has 0 saturated carbocycles. The first-order valence-corrected chi connectivity index (χ1v) is 7.49. The third-order valence-electron chi connectivity index (χ3n) is 2.51. The Kier molecular flexibility index (Phi) is 3.26. The van der Waals surface area contributed by atoms with E-state index in [0.717, 1.165) is 6.66 Å². The summed E-state index contributed by atoms with van der Waals surface area (Å²) in [5, 5.41) is 1.86. The number of aromatic nitrogens is 2. The van der Waals surface area contributed by atoms with Gasteiger partial charge in [0.2, 0.25) is 0 Å². The summed E-state index contributed by atoms with van der Waals surface area (Å²) in [6.45, 7) is 0.969. The van der Waals surface area contributed by atoms with Crippen LogP contribution in [0.1, 0.15) is 10.5 Å². The lowest BCUT2D eigenvalue weighted by molar-refractivity contribution is 0.0971. The fraction of sp³-hybridized carbons (Fsp3) is 0.182. The van der Waals surface area contributed by atoms with Gasteiger partial charge in [-0.15, -0.1) is 0 Å². The van der Waals surface area contributed by atoms with E-state index in [9.17, 15) is 14.2 Å². The molecule has 19 heavy (non-hydrogen) atoms. The molecule has 7 nitrogen and oxygen atoms in total. The fourth-order valence-electron chi connectivity index (χ4n) is 1.67. The van der Waals surface area contributed by atoms with Crippen LogP contribution in [0, 0.1) is 0 Å². The SMILES string of the molecule is Cn1c(=O)c(C(=O)NP(C)(=O)O)nc2ccccc21. The first-order chi connectivity index (χ1) is 8.79. The first kappa shape index (κ1) is 13.5. The molecular weight excluding hydrogens is 269 g/mol. The van der Waals surface area contributed by atoms with Crippen molar-refractivity contribution >= 4 is 24.5 Å². The highest BCUT2D eigenvalue weighted by Gasteiger charge is 2.21. The number of carbonyl (C=O) groups excluding carboxylic acids is 1. The van der Waals surface area contributed by atoms with Gasteiger partial charge in [0, 0.05) is 13.7 Å². The molecule has 1 aromatic heterocycles. The van der Waals surface area contributed by atoms with Gasteiger partial charge in [-0.25, -0.2) is 4.98 Å². The van der Waals surface area contributed by atoms with Crippen molar-refractivity contribution in [2.75, 3.05) is 6.66 Å². The highest BCUT2D eigenvalue weighted by atomic mass is 31.2. The molecule has 1 aromatic carbocycles. The smallest absolute Gasteiger partial charge is 0.290 e. The molecule has 0 spiro atoms. The Morgan fingerprint density at radius 1 is 1.42 bits per heavy atom. The second kappa shape index (κ2) is 4.60. The standard InChI is InChI=1S/C11H12N3O4P/c1-14-8-6-4-3-5-7(8)12-9(11(14)16)10(15)13-19(2,17)18/h3-6H,1-2H3,(H2,13,15,17,18). The zero-order valence-corrected chi connectivity index (χ0v) is 11.2. The van der Waals surface area contributed by atoms with E-state index in [1.54, 1.807) is 24.3 Å². The topological polar surface area (TPSA) is 101 Å². The number of para-hydroxylation sites is 2. The average Bonchev–Trinajstić information content (AvgIpc) is 2.31. The fourth-order valence-corrected chi connectivity index (χ4v) is 2.15. The van der Waals surface area contributed by atoms with Crippen molar-refractivity contribution in [1.29, 1.82) is 0 Å². The van der Waals surface area contributed by atoms with Crippen molar-refractivity contribution in [3.63, 3.8) is 0 Å². The van der Waals surface area contributed by atoms with Crippen LogP contribution in [0.25, 0.3) is 11.0 Å². The summed E-state index contributed by atoms with van der Waals surface area (Å²) in [4.78, 5) is 36.8. The number of benzene rings is 1. The summed E-state index contributed by atoms with van der Waals surface area (Å²) >= 11 is 0. The lowest BCUT2D eigenvalue weighted by atomic mass is 10.3. The van der Waals surface area contributed by atoms with Gasteiger partial charge >= 0.3 is 0 Å². The van der Waals surface area contributed by atoms with E-state index in [0.29, 0.717) is 11.0 Å². The minimum absolute atomic E-state index is 0.405. The third kappa shape index (κ3) is 2.72. The average molecular weight is 281 g/mol. The van der Waals surface area contributed by atoms with Crippen molar-refractivity contribution in [2.24, 2.45) is 7.05 Å². The molecule has 2 aromatic rings. The molecule has 0 aliphatic carbocycles. The minimum atomic E-state index is -3.77. The number of nitrogens with zero attached hydrogens (tertiary/aromatic N) is 2. The maximum absolute atomic E-state index is 12.0. The summed E-state index contributed by atoms with van der Waals surface area (Å²) in [5.74, 6) is -0.959. The molecule has 2 N–H and O–H groups in total. The normalized spacial score (nSPS) is 14.1. The van der Waals surface area contributed by atoms with Crippen molar-refractivity contribution in [3.05, 3.63) is 40.3 Å². The molecule has 1 unspecified atom stereocenters. The quantitative estimate of drug-likeness (QED) is 0.779. The van der Waals surface area contributed by atoms with E-state index in [1.165, 1.54) is 11.6 Å². The molecule has 1 heterocycles. The second-order valence-electron chi connectivity index (χ2n) is 4.13. The van der Waals surface area contributed by atoms with Gasteiger partial charge in [-0.3, -0.25) is 19.2 Å². The number of aryl methyl sites for hydroxylation is 1. The van der Waals surface area contributed by atoms with Crippen molar-refractivity contribution in [3.8, 4) is 0 Å². The van der Waals surface area contributed by atoms with E-state index in [4.69, 9.17) is 4.89 Å². The van der Waals surface area contributed by atoms with Gasteiger partial charge in [0.1, 0.15) is 0 Å².